The van der Waals surface area contributed by atoms with Gasteiger partial charge in [-0.3, -0.25) is 0 Å². The molecule has 0 aromatic rings. The maximum Gasteiger partial charge on any atom is 0.0291 e. The maximum absolute atomic E-state index is 4.58. The van der Waals surface area contributed by atoms with E-state index >= 15 is 0 Å². The van der Waals surface area contributed by atoms with Crippen LogP contribution in [-0.2, 0) is 0 Å². The van der Waals surface area contributed by atoms with Crippen molar-refractivity contribution in [1.29, 1.82) is 0 Å². The van der Waals surface area contributed by atoms with E-state index in [1.54, 1.807) is 0 Å². The van der Waals surface area contributed by atoms with Crippen molar-refractivity contribution in [3.05, 3.63) is 0 Å². The molecular weight excluding hydrogens is 128 g/mol. The quantitative estimate of drug-likeness (QED) is 0.406. The van der Waals surface area contributed by atoms with Crippen LogP contribution in [0.2, 0.25) is 0 Å². The van der Waals surface area contributed by atoms with Gasteiger partial charge in [-0.15, -0.1) is 0 Å². The molecule has 0 nitrogen and oxygen atoms in total. The van der Waals surface area contributed by atoms with Crippen molar-refractivity contribution >= 4 is 17.6 Å². The molecule has 0 atom stereocenters. The molecule has 9 heavy (non-hydrogen) atoms. The summed E-state index contributed by atoms with van der Waals surface area (Å²) in [4.78, 5) is 0. The fraction of sp³-hybridized carbons (Fsp3) is 0.875. The fourth-order valence-electron chi connectivity index (χ4n) is 0.801. The predicted molar refractivity (Wildman–Crippen MR) is 46.0 cm³/mol. The Bertz CT molecular complexity index is 59.6. The van der Waals surface area contributed by atoms with Gasteiger partial charge in [0, 0.05) is 5.37 Å². The molecule has 0 saturated heterocycles. The summed E-state index contributed by atoms with van der Waals surface area (Å²) in [6.07, 6.45) is 7.63. The van der Waals surface area contributed by atoms with Gasteiger partial charge in [0.05, 0.1) is 0 Å². The second-order valence-electron chi connectivity index (χ2n) is 2.31. The molecule has 0 heterocycles. The fourth-order valence-corrected chi connectivity index (χ4v) is 0.945. The minimum Gasteiger partial charge on any atom is -0.0837 e. The van der Waals surface area contributed by atoms with Gasteiger partial charge >= 0.3 is 0 Å². The SMILES string of the molecule is CCCCCCC[C]=S. The summed E-state index contributed by atoms with van der Waals surface area (Å²) in [5.74, 6) is 0. The van der Waals surface area contributed by atoms with E-state index in [0.717, 1.165) is 6.42 Å². The minimum absolute atomic E-state index is 0.999. The van der Waals surface area contributed by atoms with Crippen molar-refractivity contribution in [1.82, 2.24) is 0 Å². The Morgan fingerprint density at radius 2 is 1.78 bits per heavy atom. The van der Waals surface area contributed by atoms with Gasteiger partial charge in [0.1, 0.15) is 0 Å². The average molecular weight is 143 g/mol. The van der Waals surface area contributed by atoms with Crippen LogP contribution in [0.15, 0.2) is 0 Å². The first-order chi connectivity index (χ1) is 4.41. The Kier molecular flexibility index (Phi) is 8.17. The van der Waals surface area contributed by atoms with Crippen molar-refractivity contribution in [2.75, 3.05) is 0 Å². The summed E-state index contributed by atoms with van der Waals surface area (Å²) in [6.45, 7) is 2.23. The van der Waals surface area contributed by atoms with Crippen LogP contribution < -0.4 is 0 Å². The van der Waals surface area contributed by atoms with Gasteiger partial charge in [-0.05, 0) is 12.8 Å². The maximum atomic E-state index is 4.58. The Balaban J connectivity index is 2.66. The van der Waals surface area contributed by atoms with E-state index in [-0.39, 0.29) is 0 Å². The molecular formula is C8H15S. The van der Waals surface area contributed by atoms with Crippen LogP contribution in [0, 0.1) is 0 Å². The van der Waals surface area contributed by atoms with Gasteiger partial charge in [-0.25, -0.2) is 0 Å². The Labute approximate surface area is 63.7 Å². The minimum atomic E-state index is 0.999. The summed E-state index contributed by atoms with van der Waals surface area (Å²) in [5, 5.41) is 2.73. The highest BCUT2D eigenvalue weighted by molar-refractivity contribution is 7.78. The topological polar surface area (TPSA) is 0 Å². The summed E-state index contributed by atoms with van der Waals surface area (Å²) < 4.78 is 0. The van der Waals surface area contributed by atoms with Crippen LogP contribution in [0.3, 0.4) is 0 Å². The summed E-state index contributed by atoms with van der Waals surface area (Å²) in [5.41, 5.74) is 0. The summed E-state index contributed by atoms with van der Waals surface area (Å²) >= 11 is 4.58. The third-order valence-corrected chi connectivity index (χ3v) is 1.59. The average Bonchev–Trinajstić information content (AvgIpc) is 1.89. The van der Waals surface area contributed by atoms with E-state index < -0.39 is 0 Å². The Hall–Kier alpha value is 0.0900. The molecule has 0 aliphatic carbocycles. The van der Waals surface area contributed by atoms with Crippen molar-refractivity contribution in [3.8, 4) is 0 Å². The highest BCUT2D eigenvalue weighted by atomic mass is 32.1. The molecule has 0 amide bonds. The van der Waals surface area contributed by atoms with E-state index in [0.29, 0.717) is 0 Å². The molecule has 0 rings (SSSR count). The van der Waals surface area contributed by atoms with Crippen LogP contribution in [0.25, 0.3) is 0 Å². The second kappa shape index (κ2) is 8.09. The van der Waals surface area contributed by atoms with Gasteiger partial charge < -0.3 is 0 Å². The van der Waals surface area contributed by atoms with Crippen LogP contribution >= 0.6 is 12.2 Å². The van der Waals surface area contributed by atoms with Crippen LogP contribution in [0.4, 0.5) is 0 Å². The van der Waals surface area contributed by atoms with Gasteiger partial charge in [0.2, 0.25) is 0 Å². The zero-order chi connectivity index (χ0) is 6.95. The summed E-state index contributed by atoms with van der Waals surface area (Å²) in [7, 11) is 0. The molecule has 53 valence electrons. The van der Waals surface area contributed by atoms with Crippen LogP contribution in [-0.4, -0.2) is 5.37 Å². The second-order valence-corrected chi connectivity index (χ2v) is 2.60. The molecule has 0 aliphatic heterocycles. The molecule has 0 saturated carbocycles. The zero-order valence-electron chi connectivity index (χ0n) is 6.15. The van der Waals surface area contributed by atoms with Gasteiger partial charge in [0.25, 0.3) is 0 Å². The predicted octanol–water partition coefficient (Wildman–Crippen LogP) is 3.22. The van der Waals surface area contributed by atoms with Gasteiger partial charge in [-0.2, -0.15) is 0 Å². The van der Waals surface area contributed by atoms with Crippen LogP contribution in [0.5, 0.6) is 0 Å². The molecule has 0 spiro atoms. The lowest BCUT2D eigenvalue weighted by Crippen LogP contribution is -1.77. The van der Waals surface area contributed by atoms with E-state index in [2.05, 4.69) is 24.5 Å². The molecule has 0 N–H and O–H groups in total. The van der Waals surface area contributed by atoms with Crippen molar-refractivity contribution in [2.24, 2.45) is 0 Å². The lowest BCUT2D eigenvalue weighted by atomic mass is 10.1. The van der Waals surface area contributed by atoms with E-state index in [4.69, 9.17) is 0 Å². The molecule has 1 heteroatoms. The number of rotatable bonds is 6. The number of hydrogen-bond acceptors (Lipinski definition) is 1. The Morgan fingerprint density at radius 3 is 2.33 bits per heavy atom. The lowest BCUT2D eigenvalue weighted by Gasteiger charge is -1.93. The normalized spacial score (nSPS) is 9.44. The van der Waals surface area contributed by atoms with E-state index in [1.807, 2.05) is 0 Å². The van der Waals surface area contributed by atoms with Crippen molar-refractivity contribution in [3.63, 3.8) is 0 Å². The summed E-state index contributed by atoms with van der Waals surface area (Å²) in [6, 6.07) is 0. The standard InChI is InChI=1S/C8H15S/c1-2-3-4-5-6-7-8-9/h2-7H2,1H3. The zero-order valence-corrected chi connectivity index (χ0v) is 6.97. The Morgan fingerprint density at radius 1 is 1.11 bits per heavy atom. The first-order valence-electron chi connectivity index (χ1n) is 3.76. The monoisotopic (exact) mass is 143 g/mol. The molecule has 0 aromatic carbocycles. The number of thiocarbonyl (C=S) groups is 1. The molecule has 1 radical (unpaired) electrons. The van der Waals surface area contributed by atoms with Crippen molar-refractivity contribution < 1.29 is 0 Å². The van der Waals surface area contributed by atoms with Crippen molar-refractivity contribution in [2.45, 2.75) is 45.4 Å². The van der Waals surface area contributed by atoms with E-state index in [9.17, 15) is 0 Å². The van der Waals surface area contributed by atoms with Gasteiger partial charge in [0.15, 0.2) is 0 Å². The molecule has 0 aliphatic rings. The van der Waals surface area contributed by atoms with E-state index in [1.165, 1.54) is 32.1 Å². The molecule has 0 fully saturated rings. The molecule has 0 aromatic heterocycles. The number of hydrogen-bond donors (Lipinski definition) is 0. The first-order valence-corrected chi connectivity index (χ1v) is 4.17. The third-order valence-electron chi connectivity index (χ3n) is 1.38. The highest BCUT2D eigenvalue weighted by Crippen LogP contribution is 2.03. The smallest absolute Gasteiger partial charge is 0.0291 e. The lowest BCUT2D eigenvalue weighted by molar-refractivity contribution is 0.646. The largest absolute Gasteiger partial charge is 0.0837 e. The number of unbranched alkanes of at least 4 members (excludes halogenated alkanes) is 5. The molecule has 0 unspecified atom stereocenters. The van der Waals surface area contributed by atoms with Gasteiger partial charge in [-0.1, -0.05) is 44.8 Å². The van der Waals surface area contributed by atoms with Crippen LogP contribution in [0.1, 0.15) is 45.4 Å². The highest BCUT2D eigenvalue weighted by Gasteiger charge is 1.85. The molecule has 0 bridgehead atoms. The first kappa shape index (κ1) is 9.09. The third kappa shape index (κ3) is 8.09.